The molecule has 0 aliphatic heterocycles. The fourth-order valence-corrected chi connectivity index (χ4v) is 4.23. The van der Waals surface area contributed by atoms with Gasteiger partial charge in [0.25, 0.3) is 0 Å². The average molecular weight is 419 g/mol. The molecule has 0 fully saturated rings. The quantitative estimate of drug-likeness (QED) is 0.145. The Morgan fingerprint density at radius 1 is 1.31 bits per heavy atom. The Balaban J connectivity index is 2.45. The smallest absolute Gasteiger partial charge is 0.311 e. The number of hydrogen-bond acceptors (Lipinski definition) is 3. The third-order valence-electron chi connectivity index (χ3n) is 5.70. The Morgan fingerprint density at radius 3 is 2.72 bits per heavy atom. The molecule has 1 aromatic carbocycles. The van der Waals surface area contributed by atoms with E-state index < -0.39 is 0 Å². The molecule has 0 aromatic heterocycles. The van der Waals surface area contributed by atoms with Crippen LogP contribution in [0.1, 0.15) is 82.8 Å². The van der Waals surface area contributed by atoms with Gasteiger partial charge in [-0.3, -0.25) is 4.79 Å². The minimum atomic E-state index is -0.305. The Kier molecular flexibility index (Phi) is 9.29. The number of phenols is 1. The lowest BCUT2D eigenvalue weighted by molar-refractivity contribution is -0.134. The van der Waals surface area contributed by atoms with Gasteiger partial charge in [-0.2, -0.15) is 0 Å². The van der Waals surface area contributed by atoms with Crippen molar-refractivity contribution in [2.75, 3.05) is 5.88 Å². The van der Waals surface area contributed by atoms with Gasteiger partial charge >= 0.3 is 5.97 Å². The lowest BCUT2D eigenvalue weighted by Crippen LogP contribution is -2.19. The molecule has 1 aliphatic rings. The SMILES string of the molecule is C=C(C)C1CCC(C)=CC1c1c(O)cc(CCCCC)cc1OC(=O)CCCCl. The van der Waals surface area contributed by atoms with Crippen LogP contribution >= 0.6 is 11.6 Å². The van der Waals surface area contributed by atoms with Crippen molar-refractivity contribution >= 4 is 17.6 Å². The molecule has 1 aliphatic carbocycles. The molecule has 4 heteroatoms. The number of unbranched alkanes of at least 4 members (excludes halogenated alkanes) is 2. The summed E-state index contributed by atoms with van der Waals surface area (Å²) >= 11 is 5.73. The van der Waals surface area contributed by atoms with E-state index in [1.54, 1.807) is 0 Å². The number of alkyl halides is 1. The van der Waals surface area contributed by atoms with Gasteiger partial charge in [-0.05, 0) is 69.6 Å². The Morgan fingerprint density at radius 2 is 2.07 bits per heavy atom. The van der Waals surface area contributed by atoms with Crippen LogP contribution in [-0.2, 0) is 11.2 Å². The molecule has 29 heavy (non-hydrogen) atoms. The lowest BCUT2D eigenvalue weighted by atomic mass is 9.73. The third-order valence-corrected chi connectivity index (χ3v) is 5.97. The normalized spacial score (nSPS) is 19.0. The van der Waals surface area contributed by atoms with Crippen molar-refractivity contribution in [1.82, 2.24) is 0 Å². The van der Waals surface area contributed by atoms with Gasteiger partial charge < -0.3 is 9.84 Å². The summed E-state index contributed by atoms with van der Waals surface area (Å²) in [5.74, 6) is 0.990. The van der Waals surface area contributed by atoms with Crippen molar-refractivity contribution in [3.05, 3.63) is 47.1 Å². The fourth-order valence-electron chi connectivity index (χ4n) is 4.10. The molecule has 0 spiro atoms. The largest absolute Gasteiger partial charge is 0.507 e. The van der Waals surface area contributed by atoms with Crippen molar-refractivity contribution < 1.29 is 14.6 Å². The first kappa shape index (κ1) is 23.5. The predicted octanol–water partition coefficient (Wildman–Crippen LogP) is 7.07. The molecule has 160 valence electrons. The summed E-state index contributed by atoms with van der Waals surface area (Å²) in [5, 5.41) is 11.0. The van der Waals surface area contributed by atoms with E-state index in [0.29, 0.717) is 23.6 Å². The molecule has 0 bridgehead atoms. The van der Waals surface area contributed by atoms with Gasteiger partial charge in [-0.25, -0.2) is 0 Å². The van der Waals surface area contributed by atoms with E-state index in [-0.39, 0.29) is 30.0 Å². The zero-order chi connectivity index (χ0) is 21.4. The first-order valence-electron chi connectivity index (χ1n) is 10.8. The number of aromatic hydroxyl groups is 1. The molecule has 1 N–H and O–H groups in total. The standard InChI is InChI=1S/C25H35ClO3/c1-5-6-7-9-19-15-22(27)25(23(16-19)29-24(28)10-8-13-26)21-14-18(4)11-12-20(21)17(2)3/h14-16,20-21,27H,2,5-13H2,1,3-4H3. The first-order valence-corrected chi connectivity index (χ1v) is 11.4. The lowest BCUT2D eigenvalue weighted by Gasteiger charge is -2.32. The van der Waals surface area contributed by atoms with E-state index in [0.717, 1.165) is 49.7 Å². The van der Waals surface area contributed by atoms with Crippen LogP contribution in [0.5, 0.6) is 11.5 Å². The van der Waals surface area contributed by atoms with Gasteiger partial charge in [-0.1, -0.05) is 43.6 Å². The fraction of sp³-hybridized carbons (Fsp3) is 0.560. The number of phenolic OH excluding ortho intramolecular Hbond substituents is 1. The number of aryl methyl sites for hydroxylation is 1. The van der Waals surface area contributed by atoms with E-state index in [1.165, 1.54) is 5.57 Å². The van der Waals surface area contributed by atoms with E-state index in [1.807, 2.05) is 19.1 Å². The number of ether oxygens (including phenoxy) is 1. The van der Waals surface area contributed by atoms with E-state index in [9.17, 15) is 9.90 Å². The maximum absolute atomic E-state index is 12.4. The zero-order valence-electron chi connectivity index (χ0n) is 18.1. The number of rotatable bonds is 10. The van der Waals surface area contributed by atoms with Crippen LogP contribution < -0.4 is 4.74 Å². The zero-order valence-corrected chi connectivity index (χ0v) is 18.9. The van der Waals surface area contributed by atoms with E-state index >= 15 is 0 Å². The molecular formula is C25H35ClO3. The molecule has 0 heterocycles. The van der Waals surface area contributed by atoms with E-state index in [2.05, 4.69) is 26.5 Å². The van der Waals surface area contributed by atoms with Gasteiger partial charge in [0.05, 0.1) is 0 Å². The van der Waals surface area contributed by atoms with Gasteiger partial charge in [-0.15, -0.1) is 11.6 Å². The number of carbonyl (C=O) groups excluding carboxylic acids is 1. The number of benzene rings is 1. The second-order valence-corrected chi connectivity index (χ2v) is 8.66. The van der Waals surface area contributed by atoms with Crippen LogP contribution in [0.25, 0.3) is 0 Å². The number of hydrogen-bond donors (Lipinski definition) is 1. The summed E-state index contributed by atoms with van der Waals surface area (Å²) in [7, 11) is 0. The molecule has 3 nitrogen and oxygen atoms in total. The van der Waals surface area contributed by atoms with Gasteiger partial charge in [0.15, 0.2) is 0 Å². The number of allylic oxidation sites excluding steroid dienone is 3. The minimum Gasteiger partial charge on any atom is -0.507 e. The van der Waals surface area contributed by atoms with Crippen LogP contribution in [0.4, 0.5) is 0 Å². The minimum absolute atomic E-state index is 0.0400. The highest BCUT2D eigenvalue weighted by Gasteiger charge is 2.31. The molecule has 0 amide bonds. The van der Waals surface area contributed by atoms with Crippen molar-refractivity contribution in [1.29, 1.82) is 0 Å². The van der Waals surface area contributed by atoms with Gasteiger partial charge in [0.1, 0.15) is 11.5 Å². The third kappa shape index (κ3) is 6.64. The topological polar surface area (TPSA) is 46.5 Å². The molecule has 0 saturated heterocycles. The second kappa shape index (κ2) is 11.4. The average Bonchev–Trinajstić information content (AvgIpc) is 2.66. The highest BCUT2D eigenvalue weighted by atomic mass is 35.5. The first-order chi connectivity index (χ1) is 13.9. The summed E-state index contributed by atoms with van der Waals surface area (Å²) in [5.41, 5.74) is 4.08. The summed E-state index contributed by atoms with van der Waals surface area (Å²) in [6.45, 7) is 10.5. The van der Waals surface area contributed by atoms with Gasteiger partial charge in [0.2, 0.25) is 0 Å². The second-order valence-electron chi connectivity index (χ2n) is 8.28. The number of carbonyl (C=O) groups is 1. The molecule has 1 aromatic rings. The van der Waals surface area contributed by atoms with Crippen LogP contribution in [0.15, 0.2) is 35.9 Å². The highest BCUT2D eigenvalue weighted by molar-refractivity contribution is 6.17. The molecule has 0 radical (unpaired) electrons. The van der Waals surface area contributed by atoms with Crippen LogP contribution in [0.2, 0.25) is 0 Å². The number of esters is 1. The van der Waals surface area contributed by atoms with Crippen LogP contribution in [0, 0.1) is 5.92 Å². The molecule has 0 saturated carbocycles. The van der Waals surface area contributed by atoms with Crippen LogP contribution in [0.3, 0.4) is 0 Å². The molecular weight excluding hydrogens is 384 g/mol. The summed E-state index contributed by atoms with van der Waals surface area (Å²) in [4.78, 5) is 12.4. The Labute approximate surface area is 180 Å². The van der Waals surface area contributed by atoms with Gasteiger partial charge in [0, 0.05) is 23.8 Å². The van der Waals surface area contributed by atoms with Crippen LogP contribution in [-0.4, -0.2) is 17.0 Å². The monoisotopic (exact) mass is 418 g/mol. The maximum Gasteiger partial charge on any atom is 0.311 e. The Hall–Kier alpha value is -1.74. The summed E-state index contributed by atoms with van der Waals surface area (Å²) < 4.78 is 5.78. The van der Waals surface area contributed by atoms with Crippen molar-refractivity contribution in [2.45, 2.75) is 78.1 Å². The van der Waals surface area contributed by atoms with E-state index in [4.69, 9.17) is 16.3 Å². The predicted molar refractivity (Wildman–Crippen MR) is 121 cm³/mol. The van der Waals surface area contributed by atoms with Crippen molar-refractivity contribution in [2.24, 2.45) is 5.92 Å². The maximum atomic E-state index is 12.4. The summed E-state index contributed by atoms with van der Waals surface area (Å²) in [6.07, 6.45) is 9.23. The number of halogens is 1. The van der Waals surface area contributed by atoms with Crippen molar-refractivity contribution in [3.8, 4) is 11.5 Å². The van der Waals surface area contributed by atoms with Crippen molar-refractivity contribution in [3.63, 3.8) is 0 Å². The Bertz CT molecular complexity index is 751. The molecule has 2 unspecified atom stereocenters. The summed E-state index contributed by atoms with van der Waals surface area (Å²) in [6, 6.07) is 3.78. The molecule has 2 rings (SSSR count). The highest BCUT2D eigenvalue weighted by Crippen LogP contribution is 2.47. The molecule has 2 atom stereocenters.